The Hall–Kier alpha value is -16.2. The Balaban J connectivity index is 0.000000176. The first-order chi connectivity index (χ1) is 66.9. The van der Waals surface area contributed by atoms with Gasteiger partial charge in [-0.3, -0.25) is 0 Å². The molecule has 20 nitrogen and oxygen atoms in total. The monoisotopic (exact) mass is 2530 g/mol. The summed E-state index contributed by atoms with van der Waals surface area (Å²) in [4.78, 5) is 0. The van der Waals surface area contributed by atoms with Crippen LogP contribution in [-0.4, -0.2) is 36.5 Å². The van der Waals surface area contributed by atoms with E-state index in [2.05, 4.69) is 196 Å². The Morgan fingerprint density at radius 3 is 0.336 bits per heavy atom. The molecule has 8 aromatic heterocycles. The van der Waals surface area contributed by atoms with E-state index in [0.29, 0.717) is 0 Å². The van der Waals surface area contributed by atoms with E-state index in [0.717, 1.165) is 89.6 Å². The van der Waals surface area contributed by atoms with Crippen LogP contribution in [0.15, 0.2) is 388 Å². The predicted molar refractivity (Wildman–Crippen MR) is 517 cm³/mol. The third-order valence-corrected chi connectivity index (χ3v) is 21.3. The zero-order valence-corrected chi connectivity index (χ0v) is 86.8. The first-order valence-corrected chi connectivity index (χ1v) is 42.7. The molecular formula is C116H88Ir4N20-12. The van der Waals surface area contributed by atoms with Crippen molar-refractivity contribution in [1.82, 2.24) is 36.5 Å². The Bertz CT molecular complexity index is 6620. The molecule has 16 aromatic carbocycles. The summed E-state index contributed by atoms with van der Waals surface area (Å²) in [5.41, 5.74) is 26.6. The third-order valence-electron chi connectivity index (χ3n) is 21.3. The maximum atomic E-state index is 6.25. The number of rotatable bonds is 8. The molecule has 0 aliphatic rings. The van der Waals surface area contributed by atoms with Gasteiger partial charge in [-0.15, -0.1) is 0 Å². The zero-order chi connectivity index (χ0) is 95.7. The van der Waals surface area contributed by atoms with Gasteiger partial charge in [0.15, 0.2) is 0 Å². The largest absolute Gasteiger partial charge is 0.512 e. The molecule has 0 saturated heterocycles. The number of aryl methyl sites for hydroxylation is 8. The maximum Gasteiger partial charge on any atom is 0.242 e. The minimum atomic E-state index is 0. The fourth-order valence-electron chi connectivity index (χ4n) is 15.2. The van der Waals surface area contributed by atoms with Crippen LogP contribution in [0.5, 0.6) is 0 Å². The van der Waals surface area contributed by atoms with Gasteiger partial charge in [-0.2, -0.15) is 243 Å². The van der Waals surface area contributed by atoms with Crippen molar-refractivity contribution < 1.29 is 117 Å². The summed E-state index contributed by atoms with van der Waals surface area (Å²) in [5.74, 6) is 0. The van der Waals surface area contributed by atoms with Crippen molar-refractivity contribution in [2.75, 3.05) is 0 Å². The molecule has 4 radical (unpaired) electrons. The Kier molecular flexibility index (Phi) is 41.4. The second kappa shape index (κ2) is 54.0. The van der Waals surface area contributed by atoms with Crippen molar-refractivity contribution in [3.8, 4) is 45.5 Å². The van der Waals surface area contributed by atoms with Crippen LogP contribution in [-0.2, 0) is 137 Å². The molecule has 0 unspecified atom stereocenters. The minimum absolute atomic E-state index is 0. The number of aromatic nitrogens is 16. The van der Waals surface area contributed by atoms with E-state index in [1.165, 1.54) is 44.1 Å². The van der Waals surface area contributed by atoms with Crippen molar-refractivity contribution in [3.63, 3.8) is 0 Å². The van der Waals surface area contributed by atoms with Crippen molar-refractivity contribution in [2.24, 2.45) is 56.4 Å². The molecule has 0 fully saturated rings. The van der Waals surface area contributed by atoms with Gasteiger partial charge in [-0.1, -0.05) is 240 Å². The molecule has 140 heavy (non-hydrogen) atoms. The van der Waals surface area contributed by atoms with Crippen LogP contribution in [0.25, 0.3) is 134 Å². The SMILES string of the molecule is C[n+]1[c-]n(-c2[c-]cccc2)c2ccccc21.C[n+]1[c-]n(-c2[c-]cccc2)c2ccccc21.C[n+]1[c-]n(-c2[c-]cccc2)c2ccccc21.C[n+]1[c-]n(-c2[c-]cccc2)c2ccccc21.C[n+]1[c-]n(-c2[c-]cccc2)c2ccccc21.C[n+]1[c-]n(-c2[c-]cccc2)c2ccccc21.C[n+]1[c-]n(-c2[c-]cccc2)c2ccccc21.C[n+]1[c-]n(-c2[c-]cccc2)c2ccccc21.[C-]#N.[C-]#N.[C-]#N.[C-]#N.[Ir].[Ir].[Ir].[Ir]. The molecule has 0 aliphatic carbocycles. The third kappa shape index (κ3) is 25.6. The average Bonchev–Trinajstić information content (AvgIpc) is 1.77. The van der Waals surface area contributed by atoms with Crippen LogP contribution in [0, 0.1) is 146 Å². The molecule has 24 rings (SSSR count). The van der Waals surface area contributed by atoms with Crippen molar-refractivity contribution >= 4 is 88.3 Å². The Labute approximate surface area is 870 Å². The van der Waals surface area contributed by atoms with Gasteiger partial charge < -0.3 is 120 Å². The van der Waals surface area contributed by atoms with Gasteiger partial charge in [-0.25, -0.2) is 0 Å². The summed E-state index contributed by atoms with van der Waals surface area (Å²) in [6.45, 7) is 19.0. The molecule has 0 N–H and O–H groups in total. The van der Waals surface area contributed by atoms with Gasteiger partial charge >= 0.3 is 0 Å². The topological polar surface area (TPSA) is 166 Å². The van der Waals surface area contributed by atoms with Crippen molar-refractivity contribution in [2.45, 2.75) is 0 Å². The number of fused-ring (bicyclic) bond motifs is 8. The predicted octanol–water partition coefficient (Wildman–Crippen LogP) is 16.8. The van der Waals surface area contributed by atoms with Gasteiger partial charge in [0.2, 0.25) is 50.6 Å². The fourth-order valence-corrected chi connectivity index (χ4v) is 15.2. The standard InChI is InChI=1S/8C14H11N2.4CN.4Ir/c8*1-15-11-16(12-7-3-2-4-8-12)14-10-6-5-9-13(14)15;4*1-2;;;;/h8*2-7,9-10H,1H3;;;;;;;;/q12*-1;;;;. The first kappa shape index (κ1) is 108. The second-order valence-electron chi connectivity index (χ2n) is 29.8. The Morgan fingerprint density at radius 1 is 0.150 bits per heavy atom. The molecule has 24 aromatic rings. The van der Waals surface area contributed by atoms with Crippen LogP contribution in [0.4, 0.5) is 0 Å². The molecular weight excluding hydrogens is 2440 g/mol. The number of hydrogen-bond acceptors (Lipinski definition) is 4. The molecule has 24 heteroatoms. The number of hydrogen-bond donors (Lipinski definition) is 0. The van der Waals surface area contributed by atoms with Gasteiger partial charge in [0, 0.05) is 80.4 Å². The van der Waals surface area contributed by atoms with E-state index in [1.54, 1.807) is 0 Å². The van der Waals surface area contributed by atoms with Crippen LogP contribution in [0.2, 0.25) is 0 Å². The molecule has 0 atom stereocenters. The normalized spacial score (nSPS) is 9.94. The van der Waals surface area contributed by atoms with E-state index < -0.39 is 0 Å². The maximum absolute atomic E-state index is 6.25. The number of imidazole rings is 8. The number of para-hydroxylation sites is 24. The Morgan fingerprint density at radius 2 is 0.243 bits per heavy atom. The average molecular weight is 2530 g/mol. The summed E-state index contributed by atoms with van der Waals surface area (Å²) >= 11 is 0. The smallest absolute Gasteiger partial charge is 0.242 e. The molecule has 0 amide bonds. The van der Waals surface area contributed by atoms with Gasteiger partial charge in [0.25, 0.3) is 0 Å². The summed E-state index contributed by atoms with van der Waals surface area (Å²) in [6.07, 6.45) is 26.2. The van der Waals surface area contributed by atoms with E-state index in [9.17, 15) is 0 Å². The molecule has 0 aliphatic heterocycles. The van der Waals surface area contributed by atoms with Crippen LogP contribution in [0.3, 0.4) is 0 Å². The van der Waals surface area contributed by atoms with Crippen LogP contribution in [0.1, 0.15) is 0 Å². The van der Waals surface area contributed by atoms with Gasteiger partial charge in [-0.05, 0) is 0 Å². The summed E-state index contributed by atoms with van der Waals surface area (Å²) in [6, 6.07) is 155. The van der Waals surface area contributed by atoms with Crippen molar-refractivity contribution in [3.05, 3.63) is 514 Å². The molecule has 700 valence electrons. The summed E-state index contributed by atoms with van der Waals surface area (Å²) in [7, 11) is 16.0. The van der Waals surface area contributed by atoms with E-state index >= 15 is 0 Å². The van der Waals surface area contributed by atoms with E-state index in [4.69, 9.17) is 47.3 Å². The van der Waals surface area contributed by atoms with Gasteiger partial charge in [0.05, 0.1) is 145 Å². The quantitative estimate of drug-likeness (QED) is 0.109. The minimum Gasteiger partial charge on any atom is -0.512 e. The number of nitrogens with zero attached hydrogens (tertiary/aromatic N) is 20. The van der Waals surface area contributed by atoms with Gasteiger partial charge in [0.1, 0.15) is 0 Å². The summed E-state index contributed by atoms with van der Waals surface area (Å²) < 4.78 is 32.2. The van der Waals surface area contributed by atoms with Crippen molar-refractivity contribution in [1.29, 1.82) is 21.0 Å². The van der Waals surface area contributed by atoms with Crippen LogP contribution >= 0.6 is 0 Å². The zero-order valence-electron chi connectivity index (χ0n) is 77.2. The first-order valence-electron chi connectivity index (χ1n) is 42.7. The van der Waals surface area contributed by atoms with E-state index in [-0.39, 0.29) is 80.4 Å². The van der Waals surface area contributed by atoms with Crippen LogP contribution < -0.4 is 36.5 Å². The number of benzene rings is 16. The second-order valence-corrected chi connectivity index (χ2v) is 29.8. The molecule has 0 bridgehead atoms. The fraction of sp³-hybridized carbons (Fsp3) is 0.0690. The molecule has 0 saturated carbocycles. The van der Waals surface area contributed by atoms with E-state index in [1.807, 2.05) is 421 Å². The molecule has 8 heterocycles. The summed E-state index contributed by atoms with van der Waals surface area (Å²) in [5, 5.41) is 25.0. The molecule has 0 spiro atoms.